The lowest BCUT2D eigenvalue weighted by Gasteiger charge is -2.32. The van der Waals surface area contributed by atoms with Crippen LogP contribution in [0.2, 0.25) is 19.6 Å². The molecule has 252 valence electrons. The number of aromatic nitrogens is 2. The number of nitrogens with zero attached hydrogens (tertiary/aromatic N) is 2. The highest BCUT2D eigenvalue weighted by molar-refractivity contribution is 6.89. The SMILES string of the molecule is C=C1C2C(CCc3ccccc3-c3cc4c(c(-c5ccccc5)[n+]31)CCCC4)c1ccccc1-c1cc(CC3CCCC3)c([Si](C)(C)C)c[n+]12. The van der Waals surface area contributed by atoms with Crippen LogP contribution in [-0.2, 0) is 25.7 Å². The zero-order valence-corrected chi connectivity index (χ0v) is 31.3. The van der Waals surface area contributed by atoms with E-state index in [1.54, 1.807) is 10.8 Å². The zero-order valence-electron chi connectivity index (χ0n) is 30.3. The van der Waals surface area contributed by atoms with E-state index in [9.17, 15) is 0 Å². The Hall–Kier alpha value is -4.08. The quantitative estimate of drug-likeness (QED) is 0.133. The van der Waals surface area contributed by atoms with Crippen molar-refractivity contribution in [3.8, 4) is 33.8 Å². The summed E-state index contributed by atoms with van der Waals surface area (Å²) >= 11 is 0. The number of pyridine rings is 2. The van der Waals surface area contributed by atoms with Crippen molar-refractivity contribution in [2.45, 2.75) is 102 Å². The average Bonchev–Trinajstić information content (AvgIpc) is 3.66. The van der Waals surface area contributed by atoms with Gasteiger partial charge in [-0.15, -0.1) is 0 Å². The molecule has 0 bridgehead atoms. The first-order valence-corrected chi connectivity index (χ1v) is 23.0. The van der Waals surface area contributed by atoms with E-state index in [0.717, 1.165) is 31.6 Å². The number of hydrogen-bond donors (Lipinski definition) is 0. The van der Waals surface area contributed by atoms with E-state index in [1.807, 2.05) is 0 Å². The largest absolute Gasteiger partial charge is 0.250 e. The van der Waals surface area contributed by atoms with E-state index >= 15 is 0 Å². The third-order valence-electron chi connectivity index (χ3n) is 12.6. The first-order chi connectivity index (χ1) is 24.4. The van der Waals surface area contributed by atoms with E-state index in [4.69, 9.17) is 6.58 Å². The molecular weight excluding hydrogens is 621 g/mol. The second-order valence-corrected chi connectivity index (χ2v) is 21.8. The van der Waals surface area contributed by atoms with Gasteiger partial charge >= 0.3 is 0 Å². The Kier molecular flexibility index (Phi) is 8.03. The minimum atomic E-state index is -1.68. The molecule has 2 aliphatic carbocycles. The summed E-state index contributed by atoms with van der Waals surface area (Å²) in [7, 11) is -1.68. The first-order valence-electron chi connectivity index (χ1n) is 19.5. The van der Waals surface area contributed by atoms with Crippen molar-refractivity contribution in [3.63, 3.8) is 0 Å². The van der Waals surface area contributed by atoms with E-state index < -0.39 is 8.07 Å². The summed E-state index contributed by atoms with van der Waals surface area (Å²) in [6.07, 6.45) is 16.4. The molecule has 0 N–H and O–H groups in total. The van der Waals surface area contributed by atoms with Gasteiger partial charge in [-0.3, -0.25) is 0 Å². The first kappa shape index (κ1) is 31.9. The molecule has 4 heterocycles. The third-order valence-corrected chi connectivity index (χ3v) is 14.6. The van der Waals surface area contributed by atoms with E-state index in [-0.39, 0.29) is 6.04 Å². The fourth-order valence-corrected chi connectivity index (χ4v) is 11.9. The summed E-state index contributed by atoms with van der Waals surface area (Å²) in [5.74, 6) is 1.14. The van der Waals surface area contributed by atoms with Gasteiger partial charge in [0.1, 0.15) is 0 Å². The summed E-state index contributed by atoms with van der Waals surface area (Å²) in [5.41, 5.74) is 17.0. The van der Waals surface area contributed by atoms with Crippen LogP contribution in [0.1, 0.15) is 84.7 Å². The lowest BCUT2D eigenvalue weighted by atomic mass is 9.78. The van der Waals surface area contributed by atoms with Gasteiger partial charge in [-0.05, 0) is 104 Å². The van der Waals surface area contributed by atoms with E-state index in [2.05, 4.69) is 126 Å². The second-order valence-electron chi connectivity index (χ2n) is 16.7. The summed E-state index contributed by atoms with van der Waals surface area (Å²) in [4.78, 5) is 0. The van der Waals surface area contributed by atoms with Crippen molar-refractivity contribution in [2.75, 3.05) is 0 Å². The Bertz CT molecular complexity index is 2110. The van der Waals surface area contributed by atoms with Gasteiger partial charge in [0.2, 0.25) is 28.8 Å². The second kappa shape index (κ2) is 12.6. The highest BCUT2D eigenvalue weighted by Crippen LogP contribution is 2.46. The highest BCUT2D eigenvalue weighted by atomic mass is 28.3. The summed E-state index contributed by atoms with van der Waals surface area (Å²) in [5, 5.41) is 1.64. The van der Waals surface area contributed by atoms with Crippen LogP contribution in [0.25, 0.3) is 39.5 Å². The molecular formula is C47H52N2Si+2. The molecule has 1 fully saturated rings. The zero-order chi connectivity index (χ0) is 34.0. The fraction of sp³-hybridized carbons (Fsp3) is 0.362. The molecule has 2 unspecified atom stereocenters. The Balaban J connectivity index is 1.35. The van der Waals surface area contributed by atoms with E-state index in [0.29, 0.717) is 5.92 Å². The fourth-order valence-electron chi connectivity index (χ4n) is 10.2. The minimum absolute atomic E-state index is 0.109. The van der Waals surface area contributed by atoms with Crippen LogP contribution in [0.5, 0.6) is 0 Å². The smallest absolute Gasteiger partial charge is 0.184 e. The number of fused-ring (bicyclic) bond motifs is 10. The van der Waals surface area contributed by atoms with Gasteiger partial charge in [-0.2, -0.15) is 9.13 Å². The molecule has 50 heavy (non-hydrogen) atoms. The minimum Gasteiger partial charge on any atom is -0.184 e. The van der Waals surface area contributed by atoms with Gasteiger partial charge in [0.25, 0.3) is 0 Å². The number of rotatable bonds is 4. The number of hydrogen-bond acceptors (Lipinski definition) is 0. The molecule has 0 radical (unpaired) electrons. The van der Waals surface area contributed by atoms with Crippen LogP contribution in [-0.4, -0.2) is 8.07 Å². The molecule has 9 rings (SSSR count). The van der Waals surface area contributed by atoms with Crippen LogP contribution >= 0.6 is 0 Å². The molecule has 2 atom stereocenters. The summed E-state index contributed by atoms with van der Waals surface area (Å²) in [6.45, 7) is 12.9. The Morgan fingerprint density at radius 2 is 1.42 bits per heavy atom. The average molecular weight is 673 g/mol. The van der Waals surface area contributed by atoms with Gasteiger partial charge in [-0.25, -0.2) is 0 Å². The van der Waals surface area contributed by atoms with Gasteiger partial charge in [0.05, 0.1) is 14.0 Å². The molecule has 0 amide bonds. The van der Waals surface area contributed by atoms with Crippen molar-refractivity contribution >= 4 is 19.0 Å². The topological polar surface area (TPSA) is 7.76 Å². The van der Waals surface area contributed by atoms with Gasteiger partial charge in [0, 0.05) is 39.6 Å². The molecule has 1 saturated carbocycles. The van der Waals surface area contributed by atoms with Crippen molar-refractivity contribution in [1.82, 2.24) is 0 Å². The highest BCUT2D eigenvalue weighted by Gasteiger charge is 2.49. The third kappa shape index (κ3) is 5.35. The number of benzene rings is 3. The van der Waals surface area contributed by atoms with Crippen LogP contribution < -0.4 is 14.3 Å². The molecule has 3 heteroatoms. The lowest BCUT2D eigenvalue weighted by molar-refractivity contribution is -0.725. The molecule has 2 nitrogen and oxygen atoms in total. The molecule has 2 aliphatic heterocycles. The predicted octanol–water partition coefficient (Wildman–Crippen LogP) is 10.2. The Morgan fingerprint density at radius 1 is 0.700 bits per heavy atom. The molecule has 2 aromatic heterocycles. The van der Waals surface area contributed by atoms with Crippen LogP contribution in [0.3, 0.4) is 0 Å². The lowest BCUT2D eigenvalue weighted by Crippen LogP contribution is -2.57. The van der Waals surface area contributed by atoms with Crippen molar-refractivity contribution in [1.29, 1.82) is 0 Å². The standard InChI is InChI=1S/C47H52N2Si/c1-32-46-42(40-24-14-15-25-41(40)43-30-37(28-33-16-8-9-17-33)45(31-48(43)46)50(2,3)4)27-26-34-18-10-12-22-38(34)44-29-36-21-11-13-23-39(36)47(49(32)44)35-19-6-5-7-20-35/h5-7,10,12,14-15,18-20,22,24-25,29-31,33,42,46H,1,8-9,11,13,16-17,21,23,26-28H2,2-4H3/q+2. The maximum atomic E-state index is 5.21. The van der Waals surface area contributed by atoms with Crippen LogP contribution in [0, 0.1) is 5.92 Å². The van der Waals surface area contributed by atoms with Crippen molar-refractivity contribution in [2.24, 2.45) is 5.92 Å². The molecule has 0 spiro atoms. The van der Waals surface area contributed by atoms with E-state index in [1.165, 1.54) is 107 Å². The van der Waals surface area contributed by atoms with Crippen molar-refractivity contribution in [3.05, 3.63) is 132 Å². The Labute approximate surface area is 300 Å². The monoisotopic (exact) mass is 672 g/mol. The molecule has 4 aliphatic rings. The molecule has 0 saturated heterocycles. The number of aryl methyl sites for hydroxylation is 2. The molecule has 3 aromatic carbocycles. The summed E-state index contributed by atoms with van der Waals surface area (Å²) < 4.78 is 5.37. The number of allylic oxidation sites excluding steroid dienone is 1. The molecule has 5 aromatic rings. The normalized spacial score (nSPS) is 19.9. The predicted molar refractivity (Wildman–Crippen MR) is 210 cm³/mol. The van der Waals surface area contributed by atoms with Crippen LogP contribution in [0.15, 0.2) is 104 Å². The van der Waals surface area contributed by atoms with Gasteiger partial charge in [0.15, 0.2) is 6.20 Å². The maximum absolute atomic E-state index is 5.21. The maximum Gasteiger partial charge on any atom is 0.250 e. The van der Waals surface area contributed by atoms with Crippen molar-refractivity contribution < 1.29 is 9.13 Å². The summed E-state index contributed by atoms with van der Waals surface area (Å²) in [6, 6.07) is 35.2. The van der Waals surface area contributed by atoms with Gasteiger partial charge < -0.3 is 0 Å². The van der Waals surface area contributed by atoms with Crippen LogP contribution in [0.4, 0.5) is 0 Å². The Morgan fingerprint density at radius 3 is 2.22 bits per heavy atom. The van der Waals surface area contributed by atoms with Gasteiger partial charge in [-0.1, -0.05) is 99.9 Å².